The Labute approximate surface area is 169 Å². The van der Waals surface area contributed by atoms with E-state index in [-0.39, 0.29) is 11.2 Å². The molecule has 0 aliphatic heterocycles. The molecule has 6 heteroatoms. The zero-order valence-corrected chi connectivity index (χ0v) is 19.0. The van der Waals surface area contributed by atoms with Crippen molar-refractivity contribution in [1.82, 2.24) is 0 Å². The van der Waals surface area contributed by atoms with Gasteiger partial charge in [0.25, 0.3) is 0 Å². The molecule has 0 saturated carbocycles. The van der Waals surface area contributed by atoms with Gasteiger partial charge in [-0.05, 0) is 63.8 Å². The second-order valence-corrected chi connectivity index (χ2v) is 10.8. The highest BCUT2D eigenvalue weighted by Gasteiger charge is 2.40. The normalized spacial score (nSPS) is 19.7. The average Bonchev–Trinajstić information content (AvgIpc) is 2.65. The van der Waals surface area contributed by atoms with Crippen molar-refractivity contribution in [3.05, 3.63) is 35.4 Å². The van der Waals surface area contributed by atoms with Crippen LogP contribution in [0.5, 0.6) is 0 Å². The molecule has 2 atom stereocenters. The molecule has 0 spiro atoms. The highest BCUT2D eigenvalue weighted by Crippen LogP contribution is 2.44. The summed E-state index contributed by atoms with van der Waals surface area (Å²) in [5, 5.41) is 0.259. The van der Waals surface area contributed by atoms with Crippen LogP contribution < -0.4 is 0 Å². The molecule has 152 valence electrons. The van der Waals surface area contributed by atoms with Gasteiger partial charge < -0.3 is 13.3 Å². The van der Waals surface area contributed by atoms with Crippen LogP contribution in [-0.2, 0) is 24.5 Å². The molecule has 1 aliphatic carbocycles. The maximum Gasteiger partial charge on any atom is 0.500 e. The van der Waals surface area contributed by atoms with E-state index >= 15 is 0 Å². The first-order valence-corrected chi connectivity index (χ1v) is 13.2. The lowest BCUT2D eigenvalue weighted by Crippen LogP contribution is -2.46. The topological polar surface area (TPSA) is 44.8 Å². The summed E-state index contributed by atoms with van der Waals surface area (Å²) in [5.74, 6) is 1.41. The fraction of sp³-hybridized carbons (Fsp3) is 0.667. The van der Waals surface area contributed by atoms with Crippen molar-refractivity contribution in [1.29, 1.82) is 0 Å². The number of carbonyl (C=O) groups excluding carboxylic acids is 1. The highest BCUT2D eigenvalue weighted by molar-refractivity contribution is 7.99. The number of Topliss-reactive ketones (excluding diaryl/α,β-unsaturated/α-hetero) is 1. The number of aryl methyl sites for hydroxylation is 1. The zero-order chi connectivity index (χ0) is 19.7. The van der Waals surface area contributed by atoms with E-state index in [4.69, 9.17) is 13.3 Å². The van der Waals surface area contributed by atoms with Crippen molar-refractivity contribution >= 4 is 26.3 Å². The smallest absolute Gasteiger partial charge is 0.374 e. The summed E-state index contributed by atoms with van der Waals surface area (Å²) < 4.78 is 17.8. The van der Waals surface area contributed by atoms with Gasteiger partial charge in [0.2, 0.25) is 0 Å². The Morgan fingerprint density at radius 1 is 1.11 bits per heavy atom. The third-order valence-electron chi connectivity index (χ3n) is 4.99. The lowest BCUT2D eigenvalue weighted by Gasteiger charge is -2.32. The summed E-state index contributed by atoms with van der Waals surface area (Å²) in [6, 6.07) is 9.42. The molecule has 1 aromatic rings. The molecular formula is C21H34O4SSi. The van der Waals surface area contributed by atoms with Gasteiger partial charge in [0.05, 0.1) is 0 Å². The zero-order valence-electron chi connectivity index (χ0n) is 17.2. The number of carbonyl (C=O) groups is 1. The van der Waals surface area contributed by atoms with Gasteiger partial charge in [-0.15, -0.1) is 0 Å². The van der Waals surface area contributed by atoms with Gasteiger partial charge in [-0.2, -0.15) is 11.8 Å². The van der Waals surface area contributed by atoms with E-state index in [0.717, 1.165) is 31.1 Å². The summed E-state index contributed by atoms with van der Waals surface area (Å²) in [7, 11) is -2.57. The van der Waals surface area contributed by atoms with Crippen molar-refractivity contribution in [2.45, 2.75) is 58.3 Å². The number of fused-ring (bicyclic) bond motifs is 1. The highest BCUT2D eigenvalue weighted by atomic mass is 32.2. The Hall–Kier alpha value is -0.663. The second-order valence-electron chi connectivity index (χ2n) is 6.83. The van der Waals surface area contributed by atoms with Gasteiger partial charge in [-0.1, -0.05) is 24.3 Å². The maximum absolute atomic E-state index is 12.2. The molecule has 2 rings (SSSR count). The Morgan fingerprint density at radius 2 is 1.74 bits per heavy atom. The van der Waals surface area contributed by atoms with Gasteiger partial charge in [0, 0.05) is 37.0 Å². The standard InChI is InChI=1S/C21H34O4SSi/c1-5-23-27(24-6-2,25-7-3)16-10-15-26-21-19(17(4)22)14-13-18-11-8-9-12-20(18)21/h8-9,11-12,19,21H,5-7,10,13-16H2,1-4H3. The van der Waals surface area contributed by atoms with Crippen LogP contribution >= 0.6 is 11.8 Å². The molecule has 0 radical (unpaired) electrons. The summed E-state index contributed by atoms with van der Waals surface area (Å²) >= 11 is 1.91. The molecule has 0 N–H and O–H groups in total. The number of hydrogen-bond donors (Lipinski definition) is 0. The lowest BCUT2D eigenvalue weighted by atomic mass is 9.81. The maximum atomic E-state index is 12.2. The van der Waals surface area contributed by atoms with Crippen molar-refractivity contribution in [2.24, 2.45) is 5.92 Å². The van der Waals surface area contributed by atoms with Crippen LogP contribution in [0.2, 0.25) is 6.04 Å². The summed E-state index contributed by atoms with van der Waals surface area (Å²) in [6.45, 7) is 9.55. The predicted octanol–water partition coefficient (Wildman–Crippen LogP) is 5.05. The fourth-order valence-corrected chi connectivity index (χ4v) is 8.24. The minimum absolute atomic E-state index is 0.123. The van der Waals surface area contributed by atoms with E-state index in [0.29, 0.717) is 25.6 Å². The third kappa shape index (κ3) is 6.16. The van der Waals surface area contributed by atoms with Crippen LogP contribution in [0.15, 0.2) is 24.3 Å². The molecule has 1 aromatic carbocycles. The van der Waals surface area contributed by atoms with E-state index in [1.807, 2.05) is 32.5 Å². The second kappa shape index (κ2) is 11.4. The molecule has 0 saturated heterocycles. The van der Waals surface area contributed by atoms with Crippen molar-refractivity contribution in [3.63, 3.8) is 0 Å². The molecule has 0 aromatic heterocycles. The van der Waals surface area contributed by atoms with Crippen LogP contribution in [0.25, 0.3) is 0 Å². The van der Waals surface area contributed by atoms with E-state index in [1.54, 1.807) is 6.92 Å². The Balaban J connectivity index is 2.00. The molecule has 1 aliphatic rings. The van der Waals surface area contributed by atoms with Crippen molar-refractivity contribution in [3.8, 4) is 0 Å². The first-order chi connectivity index (χ1) is 13.1. The van der Waals surface area contributed by atoms with Gasteiger partial charge in [-0.3, -0.25) is 4.79 Å². The number of rotatable bonds is 12. The van der Waals surface area contributed by atoms with Gasteiger partial charge in [0.15, 0.2) is 0 Å². The SMILES string of the molecule is CCO[Si](CCCSC1c2ccccc2CCC1C(C)=O)(OCC)OCC. The number of ketones is 1. The van der Waals surface area contributed by atoms with Crippen LogP contribution in [0, 0.1) is 5.92 Å². The molecule has 0 fully saturated rings. The largest absolute Gasteiger partial charge is 0.500 e. The molecule has 4 nitrogen and oxygen atoms in total. The summed E-state index contributed by atoms with van der Waals surface area (Å²) in [5.41, 5.74) is 2.74. The minimum atomic E-state index is -2.57. The third-order valence-corrected chi connectivity index (χ3v) is 9.61. The van der Waals surface area contributed by atoms with Crippen LogP contribution in [0.1, 0.15) is 56.9 Å². The molecule has 0 amide bonds. The molecule has 0 bridgehead atoms. The monoisotopic (exact) mass is 410 g/mol. The molecule has 27 heavy (non-hydrogen) atoms. The van der Waals surface area contributed by atoms with Crippen molar-refractivity contribution < 1.29 is 18.1 Å². The molecule has 2 unspecified atom stereocenters. The van der Waals surface area contributed by atoms with E-state index in [1.165, 1.54) is 11.1 Å². The Kier molecular flexibility index (Phi) is 9.52. The van der Waals surface area contributed by atoms with Gasteiger partial charge in [0.1, 0.15) is 5.78 Å². The van der Waals surface area contributed by atoms with Gasteiger partial charge >= 0.3 is 8.80 Å². The van der Waals surface area contributed by atoms with Crippen LogP contribution in [0.3, 0.4) is 0 Å². The van der Waals surface area contributed by atoms with Crippen LogP contribution in [-0.4, -0.2) is 40.2 Å². The average molecular weight is 411 g/mol. The number of benzene rings is 1. The Bertz CT molecular complexity index is 578. The van der Waals surface area contributed by atoms with E-state index in [9.17, 15) is 4.79 Å². The van der Waals surface area contributed by atoms with Gasteiger partial charge in [-0.25, -0.2) is 0 Å². The molecular weight excluding hydrogens is 376 g/mol. The van der Waals surface area contributed by atoms with Crippen molar-refractivity contribution in [2.75, 3.05) is 25.6 Å². The quantitative estimate of drug-likeness (QED) is 0.356. The summed E-state index contributed by atoms with van der Waals surface area (Å²) in [4.78, 5) is 12.2. The Morgan fingerprint density at radius 3 is 2.33 bits per heavy atom. The fourth-order valence-electron chi connectivity index (χ4n) is 3.84. The van der Waals surface area contributed by atoms with E-state index in [2.05, 4.69) is 24.3 Å². The lowest BCUT2D eigenvalue weighted by molar-refractivity contribution is -0.121. The minimum Gasteiger partial charge on any atom is -0.374 e. The molecule has 0 heterocycles. The first kappa shape index (κ1) is 22.6. The predicted molar refractivity (Wildman–Crippen MR) is 114 cm³/mol. The van der Waals surface area contributed by atoms with Crippen LogP contribution in [0.4, 0.5) is 0 Å². The summed E-state index contributed by atoms with van der Waals surface area (Å²) in [6.07, 6.45) is 2.94. The first-order valence-electron chi connectivity index (χ1n) is 10.2. The van der Waals surface area contributed by atoms with E-state index < -0.39 is 8.80 Å². The number of thioether (sulfide) groups is 1. The number of hydrogen-bond acceptors (Lipinski definition) is 5.